The highest BCUT2D eigenvalue weighted by Gasteiger charge is 1.89. The van der Waals surface area contributed by atoms with Gasteiger partial charge in [0.1, 0.15) is 0 Å². The molecule has 0 aromatic heterocycles. The zero-order valence-corrected chi connectivity index (χ0v) is 11.3. The number of hydrogen-bond acceptors (Lipinski definition) is 2. The number of allylic oxidation sites excluding steroid dienone is 3. The second kappa shape index (κ2) is 13.0. The van der Waals surface area contributed by atoms with E-state index in [1.807, 2.05) is 6.08 Å². The van der Waals surface area contributed by atoms with E-state index < -0.39 is 0 Å². The Balaban J connectivity index is 3.25. The van der Waals surface area contributed by atoms with E-state index in [0.717, 1.165) is 6.42 Å². The molecule has 0 aliphatic heterocycles. The molecule has 0 saturated carbocycles. The molecule has 0 bridgehead atoms. The van der Waals surface area contributed by atoms with E-state index >= 15 is 0 Å². The molecule has 0 heterocycles. The van der Waals surface area contributed by atoms with Gasteiger partial charge in [-0.15, -0.1) is 0 Å². The average molecular weight is 238 g/mol. The van der Waals surface area contributed by atoms with Crippen molar-refractivity contribution in [1.82, 2.24) is 0 Å². The molecule has 0 rings (SSSR count). The predicted molar refractivity (Wildman–Crippen MR) is 72.9 cm³/mol. The Bertz CT molecular complexity index is 229. The monoisotopic (exact) mass is 238 g/mol. The molecule has 2 nitrogen and oxygen atoms in total. The summed E-state index contributed by atoms with van der Waals surface area (Å²) in [4.78, 5) is 10.7. The summed E-state index contributed by atoms with van der Waals surface area (Å²) in [7, 11) is 1.38. The van der Waals surface area contributed by atoms with Crippen LogP contribution in [0.2, 0.25) is 0 Å². The third-order valence-corrected chi connectivity index (χ3v) is 2.66. The first-order valence-corrected chi connectivity index (χ1v) is 6.72. The molecule has 17 heavy (non-hydrogen) atoms. The van der Waals surface area contributed by atoms with E-state index in [1.165, 1.54) is 58.1 Å². The van der Waals surface area contributed by atoms with Crippen LogP contribution in [-0.4, -0.2) is 13.1 Å². The van der Waals surface area contributed by atoms with E-state index in [0.29, 0.717) is 0 Å². The Labute approximate surface area is 106 Å². The first-order chi connectivity index (χ1) is 8.31. The van der Waals surface area contributed by atoms with Gasteiger partial charge in [0, 0.05) is 6.08 Å². The number of carbonyl (C=O) groups is 1. The van der Waals surface area contributed by atoms with Crippen LogP contribution in [0.1, 0.15) is 58.3 Å². The normalized spacial score (nSPS) is 11.4. The van der Waals surface area contributed by atoms with Gasteiger partial charge in [-0.25, -0.2) is 4.79 Å². The van der Waals surface area contributed by atoms with Crippen LogP contribution in [0.4, 0.5) is 0 Å². The van der Waals surface area contributed by atoms with Crippen molar-refractivity contribution in [1.29, 1.82) is 0 Å². The lowest BCUT2D eigenvalue weighted by atomic mass is 10.1. The SMILES string of the molecule is CCCCCCCCC/C=C/C=C/C(=O)OC. The maximum absolute atomic E-state index is 10.7. The highest BCUT2D eigenvalue weighted by molar-refractivity contribution is 5.82. The number of ether oxygens (including phenoxy) is 1. The van der Waals surface area contributed by atoms with Gasteiger partial charge in [-0.2, -0.15) is 0 Å². The minimum absolute atomic E-state index is 0.300. The van der Waals surface area contributed by atoms with E-state index in [4.69, 9.17) is 0 Å². The standard InChI is InChI=1S/C15H26O2/c1-3-4-5-6-7-8-9-10-11-12-13-14-15(16)17-2/h11-14H,3-10H2,1-2H3/b12-11+,14-13+. The van der Waals surface area contributed by atoms with Gasteiger partial charge in [0.25, 0.3) is 0 Å². The van der Waals surface area contributed by atoms with Crippen molar-refractivity contribution >= 4 is 5.97 Å². The van der Waals surface area contributed by atoms with E-state index in [1.54, 1.807) is 6.08 Å². The third-order valence-electron chi connectivity index (χ3n) is 2.66. The summed E-state index contributed by atoms with van der Waals surface area (Å²) in [5.74, 6) is -0.300. The molecular formula is C15H26O2. The largest absolute Gasteiger partial charge is 0.466 e. The smallest absolute Gasteiger partial charge is 0.330 e. The molecule has 0 aliphatic carbocycles. The van der Waals surface area contributed by atoms with Crippen LogP contribution in [0.15, 0.2) is 24.3 Å². The van der Waals surface area contributed by atoms with Gasteiger partial charge in [0.05, 0.1) is 7.11 Å². The fourth-order valence-electron chi connectivity index (χ4n) is 1.60. The summed E-state index contributed by atoms with van der Waals surface area (Å²) in [5, 5.41) is 0. The number of hydrogen-bond donors (Lipinski definition) is 0. The average Bonchev–Trinajstić information content (AvgIpc) is 2.35. The Morgan fingerprint density at radius 2 is 1.65 bits per heavy atom. The molecule has 0 fully saturated rings. The molecule has 0 aromatic rings. The molecular weight excluding hydrogens is 212 g/mol. The van der Waals surface area contributed by atoms with Gasteiger partial charge in [-0.05, 0) is 12.8 Å². The fraction of sp³-hybridized carbons (Fsp3) is 0.667. The molecule has 0 aromatic carbocycles. The number of esters is 1. The van der Waals surface area contributed by atoms with Crippen molar-refractivity contribution < 1.29 is 9.53 Å². The zero-order chi connectivity index (χ0) is 12.8. The van der Waals surface area contributed by atoms with Crippen LogP contribution < -0.4 is 0 Å². The maximum Gasteiger partial charge on any atom is 0.330 e. The van der Waals surface area contributed by atoms with E-state index in [-0.39, 0.29) is 5.97 Å². The molecule has 0 unspecified atom stereocenters. The van der Waals surface area contributed by atoms with Gasteiger partial charge < -0.3 is 4.74 Å². The molecule has 0 spiro atoms. The molecule has 2 heteroatoms. The van der Waals surface area contributed by atoms with Crippen LogP contribution in [0, 0.1) is 0 Å². The minimum Gasteiger partial charge on any atom is -0.466 e. The molecule has 98 valence electrons. The van der Waals surface area contributed by atoms with Crippen molar-refractivity contribution in [2.24, 2.45) is 0 Å². The second-order valence-electron chi connectivity index (χ2n) is 4.22. The highest BCUT2D eigenvalue weighted by Crippen LogP contribution is 2.08. The Morgan fingerprint density at radius 3 is 2.29 bits per heavy atom. The van der Waals surface area contributed by atoms with Crippen LogP contribution in [0.25, 0.3) is 0 Å². The second-order valence-corrected chi connectivity index (χ2v) is 4.22. The molecule has 0 N–H and O–H groups in total. The Hall–Kier alpha value is -1.05. The first kappa shape index (κ1) is 16.0. The van der Waals surface area contributed by atoms with Crippen LogP contribution >= 0.6 is 0 Å². The number of methoxy groups -OCH3 is 1. The van der Waals surface area contributed by atoms with Crippen LogP contribution in [-0.2, 0) is 9.53 Å². The molecule has 0 amide bonds. The van der Waals surface area contributed by atoms with Crippen LogP contribution in [0.5, 0.6) is 0 Å². The topological polar surface area (TPSA) is 26.3 Å². The lowest BCUT2D eigenvalue weighted by Gasteiger charge is -1.98. The van der Waals surface area contributed by atoms with Crippen molar-refractivity contribution in [3.05, 3.63) is 24.3 Å². The van der Waals surface area contributed by atoms with Gasteiger partial charge in [-0.3, -0.25) is 0 Å². The summed E-state index contributed by atoms with van der Waals surface area (Å²) in [5.41, 5.74) is 0. The summed E-state index contributed by atoms with van der Waals surface area (Å²) < 4.78 is 4.48. The highest BCUT2D eigenvalue weighted by atomic mass is 16.5. The summed E-state index contributed by atoms with van der Waals surface area (Å²) in [6.07, 6.45) is 17.6. The van der Waals surface area contributed by atoms with Gasteiger partial charge in [0.2, 0.25) is 0 Å². The molecule has 0 aliphatic rings. The van der Waals surface area contributed by atoms with Crippen molar-refractivity contribution in [2.75, 3.05) is 7.11 Å². The predicted octanol–water partition coefficient (Wildman–Crippen LogP) is 4.41. The molecule has 0 atom stereocenters. The maximum atomic E-state index is 10.7. The minimum atomic E-state index is -0.300. The summed E-state index contributed by atoms with van der Waals surface area (Å²) >= 11 is 0. The van der Waals surface area contributed by atoms with Crippen molar-refractivity contribution in [3.63, 3.8) is 0 Å². The number of carbonyl (C=O) groups excluding carboxylic acids is 1. The molecule has 0 saturated heterocycles. The fourth-order valence-corrected chi connectivity index (χ4v) is 1.60. The summed E-state index contributed by atoms with van der Waals surface area (Å²) in [6, 6.07) is 0. The number of unbranched alkanes of at least 4 members (excludes halogenated alkanes) is 7. The lowest BCUT2D eigenvalue weighted by molar-refractivity contribution is -0.134. The number of rotatable bonds is 10. The zero-order valence-electron chi connectivity index (χ0n) is 11.3. The van der Waals surface area contributed by atoms with Gasteiger partial charge in [-0.1, -0.05) is 63.7 Å². The quantitative estimate of drug-likeness (QED) is 0.244. The van der Waals surface area contributed by atoms with Crippen molar-refractivity contribution in [2.45, 2.75) is 58.3 Å². The lowest BCUT2D eigenvalue weighted by Crippen LogP contribution is -1.92. The van der Waals surface area contributed by atoms with Crippen LogP contribution in [0.3, 0.4) is 0 Å². The first-order valence-electron chi connectivity index (χ1n) is 6.72. The summed E-state index contributed by atoms with van der Waals surface area (Å²) in [6.45, 7) is 2.24. The van der Waals surface area contributed by atoms with E-state index in [9.17, 15) is 4.79 Å². The Morgan fingerprint density at radius 1 is 1.00 bits per heavy atom. The van der Waals surface area contributed by atoms with Crippen molar-refractivity contribution in [3.8, 4) is 0 Å². The Kier molecular flexibility index (Phi) is 12.2. The van der Waals surface area contributed by atoms with Gasteiger partial charge >= 0.3 is 5.97 Å². The third kappa shape index (κ3) is 12.9. The van der Waals surface area contributed by atoms with E-state index in [2.05, 4.69) is 17.7 Å². The molecule has 0 radical (unpaired) electrons. The van der Waals surface area contributed by atoms with Gasteiger partial charge in [0.15, 0.2) is 0 Å².